The smallest absolute Gasteiger partial charge is 0.375 e. The Morgan fingerprint density at radius 1 is 1.10 bits per heavy atom. The zero-order chi connectivity index (χ0) is 21.0. The number of hydrogen-bond acceptors (Lipinski definition) is 6. The van der Waals surface area contributed by atoms with Crippen molar-refractivity contribution in [2.24, 2.45) is 5.73 Å². The van der Waals surface area contributed by atoms with Crippen molar-refractivity contribution >= 4 is 17.0 Å². The first-order valence-corrected chi connectivity index (χ1v) is 9.48. The normalized spacial score (nSPS) is 14.0. The minimum absolute atomic E-state index is 0.0659. The highest BCUT2D eigenvalue weighted by molar-refractivity contribution is 7.80. The van der Waals surface area contributed by atoms with E-state index in [1.807, 2.05) is 0 Å². The Morgan fingerprint density at radius 3 is 2.24 bits per heavy atom. The van der Waals surface area contributed by atoms with Gasteiger partial charge in [-0.2, -0.15) is 0 Å². The van der Waals surface area contributed by atoms with Crippen LogP contribution in [0.3, 0.4) is 0 Å². The zero-order valence-corrected chi connectivity index (χ0v) is 15.8. The van der Waals surface area contributed by atoms with Crippen molar-refractivity contribution in [2.75, 3.05) is 0 Å². The van der Waals surface area contributed by atoms with Crippen LogP contribution >= 0.6 is 0 Å². The maximum Gasteiger partial charge on any atom is 0.375 e. The molecule has 0 amide bonds. The van der Waals surface area contributed by atoms with Crippen molar-refractivity contribution in [1.29, 1.82) is 0 Å². The molecule has 3 rings (SSSR count). The van der Waals surface area contributed by atoms with E-state index in [0.717, 1.165) is 6.07 Å². The van der Waals surface area contributed by atoms with Crippen molar-refractivity contribution in [3.63, 3.8) is 0 Å². The monoisotopic (exact) mass is 415 g/mol. The van der Waals surface area contributed by atoms with Crippen molar-refractivity contribution in [2.45, 2.75) is 11.5 Å². The van der Waals surface area contributed by atoms with Gasteiger partial charge in [0.1, 0.15) is 12.4 Å². The van der Waals surface area contributed by atoms with Gasteiger partial charge in [-0.1, -0.05) is 60.7 Å². The molecule has 2 unspecified atom stereocenters. The van der Waals surface area contributed by atoms with Crippen molar-refractivity contribution < 1.29 is 27.8 Å². The van der Waals surface area contributed by atoms with E-state index < -0.39 is 44.6 Å². The summed E-state index contributed by atoms with van der Waals surface area (Å²) in [4.78, 5) is 22.1. The van der Waals surface area contributed by atoms with E-state index in [1.165, 1.54) is 12.1 Å². The quantitative estimate of drug-likeness (QED) is 0.499. The second-order valence-corrected chi connectivity index (χ2v) is 7.21. The minimum Gasteiger partial charge on any atom is -0.481 e. The molecule has 0 fully saturated rings. The van der Waals surface area contributed by atoms with E-state index in [-0.39, 0.29) is 12.2 Å². The van der Waals surface area contributed by atoms with Crippen LogP contribution in [0.5, 0.6) is 5.75 Å². The predicted molar refractivity (Wildman–Crippen MR) is 105 cm³/mol. The van der Waals surface area contributed by atoms with Crippen LogP contribution in [0.1, 0.15) is 27.4 Å². The summed E-state index contributed by atoms with van der Waals surface area (Å²) in [6.07, 6.45) is 0. The fourth-order valence-electron chi connectivity index (χ4n) is 2.69. The molecule has 2 atom stereocenters. The summed E-state index contributed by atoms with van der Waals surface area (Å²) < 4.78 is 32.6. The summed E-state index contributed by atoms with van der Waals surface area (Å²) in [6.45, 7) is -0.0659. The lowest BCUT2D eigenvalue weighted by atomic mass is 10.0. The van der Waals surface area contributed by atoms with Gasteiger partial charge < -0.3 is 24.5 Å². The van der Waals surface area contributed by atoms with Crippen LogP contribution in [0.25, 0.3) is 0 Å². The maximum absolute atomic E-state index is 12.6. The third-order valence-corrected chi connectivity index (χ3v) is 5.16. The van der Waals surface area contributed by atoms with E-state index >= 15 is 0 Å². The standard InChI is InChI=1S/C20H17NO7S/c21-20(29(25)26,14-9-5-2-6-10-14)16-11-15(22)17(18(28-16)19(23)24)27-12-13-7-3-1-4-8-13/h1-11H,12,21H2,(H,23,24)(H,25,26). The minimum atomic E-state index is -2.73. The molecule has 0 aliphatic heterocycles. The van der Waals surface area contributed by atoms with Crippen LogP contribution in [-0.4, -0.2) is 19.8 Å². The summed E-state index contributed by atoms with van der Waals surface area (Å²) in [5.74, 6) is -3.38. The second-order valence-electron chi connectivity index (χ2n) is 6.06. The highest BCUT2D eigenvalue weighted by atomic mass is 32.2. The molecule has 0 radical (unpaired) electrons. The number of aromatic carboxylic acids is 1. The molecule has 3 aromatic rings. The Balaban J connectivity index is 2.09. The summed E-state index contributed by atoms with van der Waals surface area (Å²) in [5, 5.41) is 9.49. The molecule has 0 saturated carbocycles. The fourth-order valence-corrected chi connectivity index (χ4v) is 3.30. The number of carbonyl (C=O) groups is 1. The van der Waals surface area contributed by atoms with Crippen LogP contribution in [0.15, 0.2) is 75.9 Å². The lowest BCUT2D eigenvalue weighted by molar-refractivity contribution is 0.0646. The zero-order valence-electron chi connectivity index (χ0n) is 15.0. The van der Waals surface area contributed by atoms with Gasteiger partial charge in [0, 0.05) is 6.07 Å². The maximum atomic E-state index is 12.6. The van der Waals surface area contributed by atoms with Crippen LogP contribution < -0.4 is 15.9 Å². The van der Waals surface area contributed by atoms with E-state index in [9.17, 15) is 23.5 Å². The third-order valence-electron chi connectivity index (χ3n) is 4.17. The lowest BCUT2D eigenvalue weighted by Crippen LogP contribution is -2.43. The number of carboxylic acids is 1. The molecule has 29 heavy (non-hydrogen) atoms. The number of nitrogens with two attached hydrogens (primary N) is 1. The lowest BCUT2D eigenvalue weighted by Gasteiger charge is -2.25. The number of carboxylic acid groups (broad SMARTS) is 1. The fraction of sp³-hybridized carbons (Fsp3) is 0.100. The molecule has 0 spiro atoms. The number of hydrogen-bond donors (Lipinski definition) is 3. The van der Waals surface area contributed by atoms with Gasteiger partial charge in [-0.05, 0) is 11.1 Å². The van der Waals surface area contributed by atoms with Gasteiger partial charge in [0.25, 0.3) is 5.76 Å². The van der Waals surface area contributed by atoms with Crippen LogP contribution in [-0.2, 0) is 22.6 Å². The Kier molecular flexibility index (Phi) is 5.92. The summed E-state index contributed by atoms with van der Waals surface area (Å²) in [7, 11) is 0. The molecule has 0 aliphatic carbocycles. The van der Waals surface area contributed by atoms with Gasteiger partial charge in [-0.3, -0.25) is 4.79 Å². The molecule has 8 nitrogen and oxygen atoms in total. The molecule has 1 heterocycles. The van der Waals surface area contributed by atoms with Crippen LogP contribution in [0, 0.1) is 0 Å². The number of benzene rings is 2. The molecule has 2 aromatic carbocycles. The van der Waals surface area contributed by atoms with Gasteiger partial charge in [0.05, 0.1) is 0 Å². The van der Waals surface area contributed by atoms with Gasteiger partial charge >= 0.3 is 5.97 Å². The first-order valence-electron chi connectivity index (χ1n) is 8.38. The molecule has 0 aliphatic rings. The summed E-state index contributed by atoms with van der Waals surface area (Å²) in [5.41, 5.74) is 6.16. The Hall–Kier alpha value is -3.27. The van der Waals surface area contributed by atoms with Gasteiger partial charge in [-0.15, -0.1) is 0 Å². The Morgan fingerprint density at radius 2 is 1.69 bits per heavy atom. The van der Waals surface area contributed by atoms with Crippen LogP contribution in [0.2, 0.25) is 0 Å². The molecule has 4 N–H and O–H groups in total. The van der Waals surface area contributed by atoms with Gasteiger partial charge in [0.15, 0.2) is 11.1 Å². The predicted octanol–water partition coefficient (Wildman–Crippen LogP) is 2.30. The largest absolute Gasteiger partial charge is 0.481 e. The van der Waals surface area contributed by atoms with E-state index in [2.05, 4.69) is 0 Å². The molecule has 150 valence electrons. The first-order chi connectivity index (χ1) is 13.8. The highest BCUT2D eigenvalue weighted by Gasteiger charge is 2.41. The van der Waals surface area contributed by atoms with Crippen molar-refractivity contribution in [3.8, 4) is 5.75 Å². The number of rotatable bonds is 7. The molecule has 0 saturated heterocycles. The molecule has 1 aromatic heterocycles. The molecule has 0 bridgehead atoms. The van der Waals surface area contributed by atoms with Crippen molar-refractivity contribution in [1.82, 2.24) is 0 Å². The number of ether oxygens (including phenoxy) is 1. The second kappa shape index (κ2) is 8.39. The van der Waals surface area contributed by atoms with E-state index in [1.54, 1.807) is 48.5 Å². The topological polar surface area (TPSA) is 140 Å². The van der Waals surface area contributed by atoms with E-state index in [0.29, 0.717) is 5.56 Å². The van der Waals surface area contributed by atoms with Crippen molar-refractivity contribution in [3.05, 3.63) is 99.6 Å². The van der Waals surface area contributed by atoms with Crippen LogP contribution in [0.4, 0.5) is 0 Å². The summed E-state index contributed by atoms with van der Waals surface area (Å²) in [6, 6.07) is 17.4. The molecular formula is C20H17NO7S. The van der Waals surface area contributed by atoms with Gasteiger partial charge in [0.2, 0.25) is 16.0 Å². The average Bonchev–Trinajstić information content (AvgIpc) is 2.72. The highest BCUT2D eigenvalue weighted by Crippen LogP contribution is 2.31. The molecular weight excluding hydrogens is 398 g/mol. The molecule has 9 heteroatoms. The Bertz CT molecular complexity index is 1100. The first kappa shape index (κ1) is 20.5. The SMILES string of the molecule is NC(c1ccccc1)(c1cc(=O)c(OCc2ccccc2)c(C(=O)O)o1)S(=O)O. The Labute approximate surface area is 167 Å². The average molecular weight is 415 g/mol. The summed E-state index contributed by atoms with van der Waals surface area (Å²) >= 11 is -2.73. The third kappa shape index (κ3) is 4.11. The van der Waals surface area contributed by atoms with Gasteiger partial charge in [-0.25, -0.2) is 9.00 Å². The van der Waals surface area contributed by atoms with E-state index in [4.69, 9.17) is 14.9 Å².